The van der Waals surface area contributed by atoms with Gasteiger partial charge in [-0.05, 0) is 26.2 Å². The molecule has 1 heterocycles. The minimum absolute atomic E-state index is 0.0611. The van der Waals surface area contributed by atoms with Crippen LogP contribution in [-0.2, 0) is 9.59 Å². The molecule has 15 heavy (non-hydrogen) atoms. The average molecular weight is 219 g/mol. The van der Waals surface area contributed by atoms with Crippen molar-refractivity contribution in [2.24, 2.45) is 0 Å². The summed E-state index contributed by atoms with van der Waals surface area (Å²) in [5.41, 5.74) is 0. The van der Waals surface area contributed by atoms with Gasteiger partial charge in [-0.25, -0.2) is 0 Å². The van der Waals surface area contributed by atoms with Crippen LogP contribution in [0.3, 0.4) is 0 Å². The lowest BCUT2D eigenvalue weighted by molar-refractivity contribution is -0.147. The minimum atomic E-state index is -2.96. The highest BCUT2D eigenvalue weighted by Crippen LogP contribution is 2.21. The lowest BCUT2D eigenvalue weighted by Gasteiger charge is -2.35. The summed E-state index contributed by atoms with van der Waals surface area (Å²) in [4.78, 5) is 23.2. The largest absolute Gasteiger partial charge is 0.334 e. The number of carbonyl (C=O) groups is 2. The van der Waals surface area contributed by atoms with E-state index in [0.717, 1.165) is 17.7 Å². The lowest BCUT2D eigenvalue weighted by Crippen LogP contribution is -2.47. The van der Waals surface area contributed by atoms with Crippen LogP contribution in [0.1, 0.15) is 32.6 Å². The number of likely N-dealkylation sites (tertiary alicyclic amines) is 1. The van der Waals surface area contributed by atoms with Crippen LogP contribution in [-0.4, -0.2) is 35.6 Å². The number of piperidine rings is 1. The monoisotopic (exact) mass is 219 g/mol. The molecule has 1 amide bonds. The molecule has 3 nitrogen and oxygen atoms in total. The van der Waals surface area contributed by atoms with E-state index in [9.17, 15) is 18.4 Å². The zero-order valence-corrected chi connectivity index (χ0v) is 8.71. The van der Waals surface area contributed by atoms with Gasteiger partial charge < -0.3 is 4.90 Å². The van der Waals surface area contributed by atoms with Gasteiger partial charge in [0.15, 0.2) is 0 Å². The lowest BCUT2D eigenvalue weighted by atomic mass is 9.98. The molecular formula is C10H15F2NO2. The number of halogens is 2. The molecular weight excluding hydrogens is 204 g/mol. The summed E-state index contributed by atoms with van der Waals surface area (Å²) >= 11 is 0. The number of carbonyl (C=O) groups excluding carboxylic acids is 2. The first-order valence-corrected chi connectivity index (χ1v) is 5.10. The maximum atomic E-state index is 12.2. The van der Waals surface area contributed by atoms with Crippen molar-refractivity contribution in [1.29, 1.82) is 0 Å². The standard InChI is InChI=1S/C10H15F2NO2/c1-7(14)6-8-4-2-3-5-13(8)10(15)9(11)12/h8-9H,2-6H2,1H3. The molecule has 1 aliphatic rings. The van der Waals surface area contributed by atoms with Crippen molar-refractivity contribution in [3.63, 3.8) is 0 Å². The molecule has 1 atom stereocenters. The first kappa shape index (κ1) is 12.1. The van der Waals surface area contributed by atoms with Gasteiger partial charge in [0.05, 0.1) is 0 Å². The second-order valence-electron chi connectivity index (χ2n) is 3.89. The SMILES string of the molecule is CC(=O)CC1CCCCN1C(=O)C(F)F. The van der Waals surface area contributed by atoms with Crippen LogP contribution in [0, 0.1) is 0 Å². The highest BCUT2D eigenvalue weighted by molar-refractivity contribution is 5.81. The molecule has 0 aromatic rings. The summed E-state index contributed by atoms with van der Waals surface area (Å²) in [6, 6.07) is -0.322. The van der Waals surface area contributed by atoms with Gasteiger partial charge in [-0.3, -0.25) is 9.59 Å². The Bertz CT molecular complexity index is 256. The van der Waals surface area contributed by atoms with Crippen molar-refractivity contribution in [1.82, 2.24) is 4.90 Å². The topological polar surface area (TPSA) is 37.4 Å². The molecule has 1 rings (SSSR count). The van der Waals surface area contributed by atoms with Crippen molar-refractivity contribution in [2.45, 2.75) is 45.1 Å². The van der Waals surface area contributed by atoms with Crippen molar-refractivity contribution in [3.05, 3.63) is 0 Å². The van der Waals surface area contributed by atoms with Crippen LogP contribution >= 0.6 is 0 Å². The summed E-state index contributed by atoms with van der Waals surface area (Å²) in [5, 5.41) is 0. The molecule has 0 saturated carbocycles. The molecule has 0 bridgehead atoms. The first-order chi connectivity index (χ1) is 7.02. The van der Waals surface area contributed by atoms with E-state index in [2.05, 4.69) is 0 Å². The van der Waals surface area contributed by atoms with Crippen LogP contribution in [0.15, 0.2) is 0 Å². The third kappa shape index (κ3) is 3.25. The van der Waals surface area contributed by atoms with Gasteiger partial charge in [-0.15, -0.1) is 0 Å². The molecule has 0 aromatic carbocycles. The number of Topliss-reactive ketones (excluding diaryl/α,β-unsaturated/α-hetero) is 1. The van der Waals surface area contributed by atoms with Crippen molar-refractivity contribution >= 4 is 11.7 Å². The number of nitrogens with zero attached hydrogens (tertiary/aromatic N) is 1. The molecule has 1 saturated heterocycles. The van der Waals surface area contributed by atoms with Gasteiger partial charge in [0.25, 0.3) is 5.91 Å². The van der Waals surface area contributed by atoms with Crippen LogP contribution in [0.5, 0.6) is 0 Å². The van der Waals surface area contributed by atoms with Gasteiger partial charge in [-0.2, -0.15) is 8.78 Å². The van der Waals surface area contributed by atoms with E-state index in [4.69, 9.17) is 0 Å². The predicted octanol–water partition coefficient (Wildman–Crippen LogP) is 1.61. The molecule has 86 valence electrons. The van der Waals surface area contributed by atoms with E-state index in [-0.39, 0.29) is 18.2 Å². The molecule has 0 aliphatic carbocycles. The third-order valence-electron chi connectivity index (χ3n) is 2.62. The number of rotatable bonds is 3. The fourth-order valence-electron chi connectivity index (χ4n) is 1.96. The van der Waals surface area contributed by atoms with Crippen LogP contribution in [0.2, 0.25) is 0 Å². The van der Waals surface area contributed by atoms with Crippen molar-refractivity contribution < 1.29 is 18.4 Å². The van der Waals surface area contributed by atoms with Gasteiger partial charge in [0, 0.05) is 19.0 Å². The van der Waals surface area contributed by atoms with Crippen LogP contribution in [0.25, 0.3) is 0 Å². The molecule has 0 N–H and O–H groups in total. The van der Waals surface area contributed by atoms with Gasteiger partial charge in [-0.1, -0.05) is 0 Å². The van der Waals surface area contributed by atoms with Gasteiger partial charge >= 0.3 is 6.43 Å². The fourth-order valence-corrected chi connectivity index (χ4v) is 1.96. The average Bonchev–Trinajstić information content (AvgIpc) is 2.16. The molecule has 1 fully saturated rings. The Morgan fingerprint density at radius 3 is 2.60 bits per heavy atom. The Morgan fingerprint density at radius 2 is 2.07 bits per heavy atom. The first-order valence-electron chi connectivity index (χ1n) is 5.10. The molecule has 0 aromatic heterocycles. The Balaban J connectivity index is 2.65. The zero-order chi connectivity index (χ0) is 11.4. The number of alkyl halides is 2. The van der Waals surface area contributed by atoms with Crippen molar-refractivity contribution in [2.75, 3.05) is 6.54 Å². The summed E-state index contributed by atoms with van der Waals surface area (Å²) < 4.78 is 24.5. The molecule has 0 radical (unpaired) electrons. The normalized spacial score (nSPS) is 21.9. The second kappa shape index (κ2) is 5.19. The molecule has 1 unspecified atom stereocenters. The van der Waals surface area contributed by atoms with E-state index < -0.39 is 12.3 Å². The third-order valence-corrected chi connectivity index (χ3v) is 2.62. The van der Waals surface area contributed by atoms with Crippen LogP contribution in [0.4, 0.5) is 8.78 Å². The van der Waals surface area contributed by atoms with E-state index in [0.29, 0.717) is 13.0 Å². The Labute approximate surface area is 87.4 Å². The summed E-state index contributed by atoms with van der Waals surface area (Å²) in [5.74, 6) is -1.20. The minimum Gasteiger partial charge on any atom is -0.334 e. The quantitative estimate of drug-likeness (QED) is 0.723. The smallest absolute Gasteiger partial charge is 0.315 e. The van der Waals surface area contributed by atoms with Gasteiger partial charge in [0.1, 0.15) is 5.78 Å². The number of hydrogen-bond acceptors (Lipinski definition) is 2. The molecule has 1 aliphatic heterocycles. The van der Waals surface area contributed by atoms with E-state index in [1.54, 1.807) is 0 Å². The van der Waals surface area contributed by atoms with Gasteiger partial charge in [0.2, 0.25) is 0 Å². The summed E-state index contributed by atoms with van der Waals surface area (Å²) in [6.07, 6.45) is -0.480. The summed E-state index contributed by atoms with van der Waals surface area (Å²) in [6.45, 7) is 1.76. The second-order valence-corrected chi connectivity index (χ2v) is 3.89. The Hall–Kier alpha value is -1.00. The maximum Gasteiger partial charge on any atom is 0.315 e. The molecule has 5 heteroatoms. The fraction of sp³-hybridized carbons (Fsp3) is 0.800. The van der Waals surface area contributed by atoms with E-state index >= 15 is 0 Å². The van der Waals surface area contributed by atoms with E-state index in [1.165, 1.54) is 6.92 Å². The number of amides is 1. The maximum absolute atomic E-state index is 12.2. The Kier molecular flexibility index (Phi) is 4.17. The van der Waals surface area contributed by atoms with E-state index in [1.807, 2.05) is 0 Å². The summed E-state index contributed by atoms with van der Waals surface area (Å²) in [7, 11) is 0. The Morgan fingerprint density at radius 1 is 1.40 bits per heavy atom. The van der Waals surface area contributed by atoms with Crippen molar-refractivity contribution in [3.8, 4) is 0 Å². The highest BCUT2D eigenvalue weighted by atomic mass is 19.3. The number of hydrogen-bond donors (Lipinski definition) is 0. The highest BCUT2D eigenvalue weighted by Gasteiger charge is 2.31. The zero-order valence-electron chi connectivity index (χ0n) is 8.71. The van der Waals surface area contributed by atoms with Crippen LogP contribution < -0.4 is 0 Å². The predicted molar refractivity (Wildman–Crippen MR) is 50.7 cm³/mol. The number of ketones is 1. The molecule has 0 spiro atoms.